The molecule has 4 rings (SSSR count). The molecule has 1 aromatic rings. The minimum Gasteiger partial charge on any atom is -0.388 e. The van der Waals surface area contributed by atoms with Crippen molar-refractivity contribution >= 4 is 5.91 Å². The van der Waals surface area contributed by atoms with Gasteiger partial charge in [-0.2, -0.15) is 0 Å². The van der Waals surface area contributed by atoms with Gasteiger partial charge in [0.1, 0.15) is 0 Å². The van der Waals surface area contributed by atoms with Gasteiger partial charge in [-0.3, -0.25) is 4.79 Å². The van der Waals surface area contributed by atoms with Gasteiger partial charge in [-0.25, -0.2) is 0 Å². The molecule has 1 saturated carbocycles. The SMILES string of the molecule is C=C1[C@@H](C)[C@H]2[C@H](Cc3ccccc3)NC(=O)[C@]23[C@H](O)/C=C/[C@@H](C)C[C@@H](C)C/C=C/[C@H]3[C@@H]1O. The molecule has 1 aliphatic heterocycles. The van der Waals surface area contributed by atoms with Crippen molar-refractivity contribution in [1.82, 2.24) is 5.32 Å². The first-order valence-corrected chi connectivity index (χ1v) is 12.0. The number of rotatable bonds is 2. The zero-order chi connectivity index (χ0) is 23.0. The Morgan fingerprint density at radius 1 is 1.09 bits per heavy atom. The van der Waals surface area contributed by atoms with Crippen LogP contribution in [0.1, 0.15) is 39.2 Å². The molecule has 1 aromatic carbocycles. The summed E-state index contributed by atoms with van der Waals surface area (Å²) in [4.78, 5) is 13.8. The predicted molar refractivity (Wildman–Crippen MR) is 128 cm³/mol. The number of carbonyl (C=O) groups is 1. The third-order valence-electron chi connectivity index (χ3n) is 8.16. The van der Waals surface area contributed by atoms with Gasteiger partial charge >= 0.3 is 0 Å². The Balaban J connectivity index is 1.83. The van der Waals surface area contributed by atoms with Crippen LogP contribution in [0, 0.1) is 35.0 Å². The maximum absolute atomic E-state index is 13.8. The zero-order valence-electron chi connectivity index (χ0n) is 19.4. The quantitative estimate of drug-likeness (QED) is 0.614. The monoisotopic (exact) mass is 435 g/mol. The number of hydrogen-bond donors (Lipinski definition) is 3. The van der Waals surface area contributed by atoms with Crippen LogP contribution in [-0.2, 0) is 11.2 Å². The lowest BCUT2D eigenvalue weighted by Gasteiger charge is -2.51. The van der Waals surface area contributed by atoms with Gasteiger partial charge in [-0.1, -0.05) is 82.0 Å². The minimum atomic E-state index is -1.13. The van der Waals surface area contributed by atoms with Crippen LogP contribution in [0.15, 0.2) is 66.8 Å². The number of allylic oxidation sites excluding steroid dienone is 2. The highest BCUT2D eigenvalue weighted by atomic mass is 16.3. The van der Waals surface area contributed by atoms with E-state index in [2.05, 4.69) is 44.0 Å². The number of amides is 1. The maximum Gasteiger partial charge on any atom is 0.230 e. The summed E-state index contributed by atoms with van der Waals surface area (Å²) in [7, 11) is 0. The molecule has 2 aliphatic carbocycles. The molecule has 0 aromatic heterocycles. The van der Waals surface area contributed by atoms with Gasteiger partial charge in [0.05, 0.1) is 17.6 Å². The fourth-order valence-corrected chi connectivity index (χ4v) is 6.56. The fraction of sp³-hybridized carbons (Fsp3) is 0.536. The van der Waals surface area contributed by atoms with Gasteiger partial charge in [0.15, 0.2) is 0 Å². The van der Waals surface area contributed by atoms with Crippen LogP contribution in [0.25, 0.3) is 0 Å². The highest BCUT2D eigenvalue weighted by Gasteiger charge is 2.67. The molecule has 1 saturated heterocycles. The van der Waals surface area contributed by atoms with E-state index >= 15 is 0 Å². The van der Waals surface area contributed by atoms with E-state index in [0.717, 1.165) is 24.0 Å². The van der Waals surface area contributed by atoms with Crippen molar-refractivity contribution in [1.29, 1.82) is 0 Å². The van der Waals surface area contributed by atoms with Crippen molar-refractivity contribution in [3.8, 4) is 0 Å². The molecule has 1 heterocycles. The third kappa shape index (κ3) is 3.78. The molecule has 2 fully saturated rings. The molecular formula is C28H37NO3. The molecule has 1 spiro atoms. The summed E-state index contributed by atoms with van der Waals surface area (Å²) in [5, 5.41) is 26.2. The number of aliphatic hydroxyl groups is 2. The van der Waals surface area contributed by atoms with Crippen LogP contribution in [0.3, 0.4) is 0 Å². The van der Waals surface area contributed by atoms with Crippen molar-refractivity contribution in [3.05, 3.63) is 72.4 Å². The second-order valence-electron chi connectivity index (χ2n) is 10.4. The molecule has 0 bridgehead atoms. The van der Waals surface area contributed by atoms with E-state index < -0.39 is 23.5 Å². The third-order valence-corrected chi connectivity index (χ3v) is 8.16. The number of aliphatic hydroxyl groups excluding tert-OH is 2. The number of carbonyl (C=O) groups excluding carboxylic acids is 1. The van der Waals surface area contributed by atoms with E-state index in [-0.39, 0.29) is 23.8 Å². The first-order valence-electron chi connectivity index (χ1n) is 12.0. The molecule has 3 N–H and O–H groups in total. The molecule has 172 valence electrons. The molecular weight excluding hydrogens is 398 g/mol. The Bertz CT molecular complexity index is 907. The zero-order valence-corrected chi connectivity index (χ0v) is 19.4. The smallest absolute Gasteiger partial charge is 0.230 e. The summed E-state index contributed by atoms with van der Waals surface area (Å²) < 4.78 is 0. The number of hydrogen-bond acceptors (Lipinski definition) is 3. The Hall–Kier alpha value is -2.17. The number of benzene rings is 1. The lowest BCUT2D eigenvalue weighted by Crippen LogP contribution is -2.59. The van der Waals surface area contributed by atoms with Crippen molar-refractivity contribution in [3.63, 3.8) is 0 Å². The largest absolute Gasteiger partial charge is 0.388 e. The highest BCUT2D eigenvalue weighted by molar-refractivity contribution is 5.88. The lowest BCUT2D eigenvalue weighted by molar-refractivity contribution is -0.147. The van der Waals surface area contributed by atoms with Crippen LogP contribution in [0.5, 0.6) is 0 Å². The summed E-state index contributed by atoms with van der Waals surface area (Å²) in [6.07, 6.45) is 8.69. The highest BCUT2D eigenvalue weighted by Crippen LogP contribution is 2.57. The Morgan fingerprint density at radius 3 is 2.53 bits per heavy atom. The minimum absolute atomic E-state index is 0.105. The van der Waals surface area contributed by atoms with Crippen molar-refractivity contribution in [2.45, 2.75) is 58.3 Å². The average Bonchev–Trinajstić information content (AvgIpc) is 3.04. The Morgan fingerprint density at radius 2 is 1.81 bits per heavy atom. The van der Waals surface area contributed by atoms with Gasteiger partial charge in [0, 0.05) is 17.9 Å². The topological polar surface area (TPSA) is 69.6 Å². The molecule has 0 unspecified atom stereocenters. The molecule has 32 heavy (non-hydrogen) atoms. The van der Waals surface area contributed by atoms with E-state index in [0.29, 0.717) is 18.3 Å². The maximum atomic E-state index is 13.8. The first kappa shape index (κ1) is 23.0. The van der Waals surface area contributed by atoms with Crippen molar-refractivity contribution in [2.24, 2.45) is 35.0 Å². The van der Waals surface area contributed by atoms with Crippen LogP contribution < -0.4 is 5.32 Å². The van der Waals surface area contributed by atoms with Crippen molar-refractivity contribution in [2.75, 3.05) is 0 Å². The normalized spacial score (nSPS) is 44.0. The van der Waals surface area contributed by atoms with E-state index in [9.17, 15) is 15.0 Å². The van der Waals surface area contributed by atoms with Gasteiger partial charge in [0.2, 0.25) is 5.91 Å². The Kier molecular flexibility index (Phi) is 6.46. The predicted octanol–water partition coefficient (Wildman–Crippen LogP) is 4.05. The molecule has 9 atom stereocenters. The van der Waals surface area contributed by atoms with Crippen LogP contribution in [0.4, 0.5) is 0 Å². The van der Waals surface area contributed by atoms with Crippen molar-refractivity contribution < 1.29 is 15.0 Å². The van der Waals surface area contributed by atoms with E-state index in [1.165, 1.54) is 0 Å². The summed E-state index contributed by atoms with van der Waals surface area (Å²) >= 11 is 0. The molecule has 4 nitrogen and oxygen atoms in total. The van der Waals surface area contributed by atoms with E-state index in [4.69, 9.17) is 0 Å². The summed E-state index contributed by atoms with van der Waals surface area (Å²) in [6.45, 7) is 10.7. The van der Waals surface area contributed by atoms with Gasteiger partial charge < -0.3 is 15.5 Å². The second-order valence-corrected chi connectivity index (χ2v) is 10.4. The van der Waals surface area contributed by atoms with Gasteiger partial charge in [-0.15, -0.1) is 0 Å². The molecule has 1 amide bonds. The van der Waals surface area contributed by atoms with Gasteiger partial charge in [-0.05, 0) is 48.2 Å². The van der Waals surface area contributed by atoms with Crippen LogP contribution >= 0.6 is 0 Å². The summed E-state index contributed by atoms with van der Waals surface area (Å²) in [5.41, 5.74) is 0.775. The van der Waals surface area contributed by atoms with E-state index in [1.54, 1.807) is 0 Å². The number of nitrogens with one attached hydrogen (secondary N) is 1. The fourth-order valence-electron chi connectivity index (χ4n) is 6.56. The molecule has 4 heteroatoms. The van der Waals surface area contributed by atoms with Crippen LogP contribution in [0.2, 0.25) is 0 Å². The average molecular weight is 436 g/mol. The molecule has 3 aliphatic rings. The standard InChI is InChI=1S/C28H37NO3/c1-17-9-8-12-22-26(31)20(4)19(3)25-23(16-21-10-6-5-7-11-21)29-27(32)28(22,25)24(30)14-13-18(2)15-17/h5-8,10-14,17-19,22-26,30-31H,4,9,15-16H2,1-3H3,(H,29,32)/b12-8+,14-13+/t17-,18+,19+,22-,23-,24+,25-,26+,28+/m0/s1. The second kappa shape index (κ2) is 8.99. The van der Waals surface area contributed by atoms with E-state index in [1.807, 2.05) is 43.4 Å². The molecule has 0 radical (unpaired) electrons. The van der Waals surface area contributed by atoms with Gasteiger partial charge in [0.25, 0.3) is 0 Å². The summed E-state index contributed by atoms with van der Waals surface area (Å²) in [5.74, 6) is -0.157. The van der Waals surface area contributed by atoms with Crippen LogP contribution in [-0.4, -0.2) is 34.4 Å². The first-order chi connectivity index (χ1) is 15.3. The Labute approximate surface area is 192 Å². The summed E-state index contributed by atoms with van der Waals surface area (Å²) in [6, 6.07) is 10.0. The lowest BCUT2D eigenvalue weighted by atomic mass is 9.51.